The number of amides is 2. The fourth-order valence-electron chi connectivity index (χ4n) is 7.66. The van der Waals surface area contributed by atoms with Gasteiger partial charge in [-0.1, -0.05) is 29.4 Å². The molecule has 2 amide bonds. The maximum atomic E-state index is 13.6. The Morgan fingerprint density at radius 3 is 2.43 bits per heavy atom. The molecule has 3 fully saturated rings. The van der Waals surface area contributed by atoms with Gasteiger partial charge in [-0.25, -0.2) is 4.79 Å². The Labute approximate surface area is 218 Å². The summed E-state index contributed by atoms with van der Waals surface area (Å²) in [6.45, 7) is 9.37. The first kappa shape index (κ1) is 24.5. The van der Waals surface area contributed by atoms with Gasteiger partial charge in [0.25, 0.3) is 5.91 Å². The Morgan fingerprint density at radius 2 is 1.78 bits per heavy atom. The number of hydrogen-bond donors (Lipinski definition) is 0. The zero-order valence-corrected chi connectivity index (χ0v) is 22.2. The van der Waals surface area contributed by atoms with Crippen LogP contribution < -0.4 is 0 Å². The van der Waals surface area contributed by atoms with Gasteiger partial charge in [0.05, 0.1) is 12.3 Å². The third-order valence-corrected chi connectivity index (χ3v) is 9.44. The van der Waals surface area contributed by atoms with Crippen LogP contribution in [0.3, 0.4) is 0 Å². The second-order valence-electron chi connectivity index (χ2n) is 11.5. The van der Waals surface area contributed by atoms with Crippen molar-refractivity contribution in [2.24, 2.45) is 0 Å². The minimum atomic E-state index is -0.132. The number of aromatic nitrogens is 1. The molecule has 3 saturated heterocycles. The third kappa shape index (κ3) is 4.13. The molecule has 8 heteroatoms. The summed E-state index contributed by atoms with van der Waals surface area (Å²) in [5.41, 5.74) is 3.90. The minimum Gasteiger partial charge on any atom is -0.450 e. The maximum absolute atomic E-state index is 13.6. The number of nitrogens with zero attached hydrogens (tertiary/aromatic N) is 4. The molecule has 198 valence electrons. The lowest BCUT2D eigenvalue weighted by Gasteiger charge is -2.51. The number of piperidine rings is 2. The van der Waals surface area contributed by atoms with E-state index in [2.05, 4.69) is 34.3 Å². The summed E-state index contributed by atoms with van der Waals surface area (Å²) >= 11 is 0. The quantitative estimate of drug-likeness (QED) is 0.613. The largest absolute Gasteiger partial charge is 0.450 e. The summed E-state index contributed by atoms with van der Waals surface area (Å²) in [4.78, 5) is 32.9. The molecular formula is C29H38N4O4. The average molecular weight is 507 g/mol. The number of ether oxygens (including phenoxy) is 1. The van der Waals surface area contributed by atoms with Crippen LogP contribution in [-0.4, -0.2) is 76.2 Å². The van der Waals surface area contributed by atoms with Crippen molar-refractivity contribution in [1.29, 1.82) is 0 Å². The summed E-state index contributed by atoms with van der Waals surface area (Å²) < 4.78 is 10.7. The molecule has 6 rings (SSSR count). The van der Waals surface area contributed by atoms with E-state index in [4.69, 9.17) is 9.26 Å². The lowest BCUT2D eigenvalue weighted by Crippen LogP contribution is -2.57. The molecule has 2 aromatic rings. The number of carbonyl (C=O) groups is 2. The Bertz CT molecular complexity index is 1150. The van der Waals surface area contributed by atoms with Crippen LogP contribution >= 0.6 is 0 Å². The van der Waals surface area contributed by atoms with E-state index in [1.54, 1.807) is 0 Å². The van der Waals surface area contributed by atoms with Crippen molar-refractivity contribution < 1.29 is 18.8 Å². The summed E-state index contributed by atoms with van der Waals surface area (Å²) in [5, 5.41) is 4.02. The van der Waals surface area contributed by atoms with Gasteiger partial charge in [-0.3, -0.25) is 4.79 Å². The van der Waals surface area contributed by atoms with Crippen molar-refractivity contribution >= 4 is 12.0 Å². The Balaban J connectivity index is 1.19. The van der Waals surface area contributed by atoms with Crippen molar-refractivity contribution in [3.8, 4) is 0 Å². The van der Waals surface area contributed by atoms with E-state index in [1.807, 2.05) is 30.6 Å². The molecule has 1 aromatic heterocycles. The molecule has 5 heterocycles. The minimum absolute atomic E-state index is 0.0236. The zero-order valence-electron chi connectivity index (χ0n) is 22.2. The summed E-state index contributed by atoms with van der Waals surface area (Å²) in [6, 6.07) is 9.80. The first-order valence-corrected chi connectivity index (χ1v) is 13.9. The van der Waals surface area contributed by atoms with Crippen LogP contribution in [0, 0.1) is 13.8 Å². The monoisotopic (exact) mass is 506 g/mol. The highest BCUT2D eigenvalue weighted by atomic mass is 16.6. The summed E-state index contributed by atoms with van der Waals surface area (Å²) in [7, 11) is 0. The van der Waals surface area contributed by atoms with Crippen LogP contribution in [0.15, 0.2) is 28.8 Å². The topological polar surface area (TPSA) is 79.1 Å². The normalized spacial score (nSPS) is 26.8. The van der Waals surface area contributed by atoms with Crippen molar-refractivity contribution in [2.75, 3.05) is 26.2 Å². The van der Waals surface area contributed by atoms with Crippen LogP contribution in [-0.2, 0) is 16.7 Å². The molecule has 1 spiro atoms. The van der Waals surface area contributed by atoms with Crippen LogP contribution in [0.4, 0.5) is 4.79 Å². The molecule has 0 aliphatic carbocycles. The first-order chi connectivity index (χ1) is 17.9. The molecule has 0 N–H and O–H groups in total. The van der Waals surface area contributed by atoms with Crippen LogP contribution in [0.5, 0.6) is 0 Å². The van der Waals surface area contributed by atoms with Gasteiger partial charge in [-0.05, 0) is 83.5 Å². The van der Waals surface area contributed by atoms with E-state index in [0.717, 1.165) is 58.2 Å². The molecule has 0 saturated carbocycles. The predicted molar refractivity (Wildman–Crippen MR) is 138 cm³/mol. The molecule has 1 aromatic carbocycles. The number of carbonyl (C=O) groups excluding carboxylic acids is 2. The molecule has 2 atom stereocenters. The fraction of sp³-hybridized carbons (Fsp3) is 0.621. The predicted octanol–water partition coefficient (Wildman–Crippen LogP) is 4.43. The van der Waals surface area contributed by atoms with E-state index < -0.39 is 0 Å². The Kier molecular flexibility index (Phi) is 6.25. The van der Waals surface area contributed by atoms with Gasteiger partial charge in [0.1, 0.15) is 11.3 Å². The number of benzene rings is 1. The molecule has 8 nitrogen and oxygen atoms in total. The highest BCUT2D eigenvalue weighted by molar-refractivity contribution is 5.96. The molecular weight excluding hydrogens is 468 g/mol. The van der Waals surface area contributed by atoms with Gasteiger partial charge in [0.2, 0.25) is 0 Å². The zero-order chi connectivity index (χ0) is 25.7. The van der Waals surface area contributed by atoms with E-state index in [-0.39, 0.29) is 17.4 Å². The smallest absolute Gasteiger partial charge is 0.410 e. The highest BCUT2D eigenvalue weighted by Gasteiger charge is 2.48. The molecule has 2 unspecified atom stereocenters. The lowest BCUT2D eigenvalue weighted by atomic mass is 9.68. The second kappa shape index (κ2) is 9.46. The fourth-order valence-corrected chi connectivity index (χ4v) is 7.66. The van der Waals surface area contributed by atoms with Crippen molar-refractivity contribution in [3.05, 3.63) is 52.4 Å². The Morgan fingerprint density at radius 1 is 1.08 bits per heavy atom. The molecule has 2 bridgehead atoms. The van der Waals surface area contributed by atoms with Gasteiger partial charge >= 0.3 is 6.09 Å². The van der Waals surface area contributed by atoms with Gasteiger partial charge in [0, 0.05) is 36.6 Å². The standard InChI is InChI=1S/C29H38N4O4/c1-4-36-28(35)33-22-9-10-23(33)16-24(15-22)31-13-11-29(12-14-31)18-32(17-21-7-5-6-8-25(21)29)27(34)26-19(2)30-37-20(26)3/h5-8,22-24H,4,9-18H2,1-3H3. The van der Waals surface area contributed by atoms with Gasteiger partial charge in [0.15, 0.2) is 0 Å². The average Bonchev–Trinajstić information content (AvgIpc) is 3.38. The van der Waals surface area contributed by atoms with E-state index in [1.165, 1.54) is 11.1 Å². The summed E-state index contributed by atoms with van der Waals surface area (Å²) in [5.74, 6) is 0.615. The van der Waals surface area contributed by atoms with E-state index in [9.17, 15) is 9.59 Å². The Hall–Kier alpha value is -2.87. The van der Waals surface area contributed by atoms with Crippen LogP contribution in [0.2, 0.25) is 0 Å². The van der Waals surface area contributed by atoms with Crippen molar-refractivity contribution in [2.45, 2.75) is 89.4 Å². The molecule has 4 aliphatic heterocycles. The summed E-state index contributed by atoms with van der Waals surface area (Å²) in [6.07, 6.45) is 6.18. The number of likely N-dealkylation sites (tertiary alicyclic amines) is 1. The van der Waals surface area contributed by atoms with Crippen LogP contribution in [0.1, 0.15) is 78.4 Å². The second-order valence-corrected chi connectivity index (χ2v) is 11.5. The highest BCUT2D eigenvalue weighted by Crippen LogP contribution is 2.45. The molecule has 37 heavy (non-hydrogen) atoms. The van der Waals surface area contributed by atoms with E-state index in [0.29, 0.717) is 48.3 Å². The number of rotatable bonds is 3. The lowest BCUT2D eigenvalue weighted by molar-refractivity contribution is 0.0191. The van der Waals surface area contributed by atoms with Crippen LogP contribution in [0.25, 0.3) is 0 Å². The molecule has 0 radical (unpaired) electrons. The SMILES string of the molecule is CCOC(=O)N1C2CCC1CC(N1CCC3(CC1)CN(C(=O)c1c(C)noc1C)Cc1ccccc13)C2. The van der Waals surface area contributed by atoms with Gasteiger partial charge < -0.3 is 24.0 Å². The van der Waals surface area contributed by atoms with Gasteiger partial charge in [-0.2, -0.15) is 0 Å². The first-order valence-electron chi connectivity index (χ1n) is 13.9. The van der Waals surface area contributed by atoms with Gasteiger partial charge in [-0.15, -0.1) is 0 Å². The number of aryl methyl sites for hydroxylation is 2. The number of hydrogen-bond acceptors (Lipinski definition) is 6. The maximum Gasteiger partial charge on any atom is 0.410 e. The van der Waals surface area contributed by atoms with Crippen molar-refractivity contribution in [1.82, 2.24) is 19.9 Å². The van der Waals surface area contributed by atoms with Crippen molar-refractivity contribution in [3.63, 3.8) is 0 Å². The third-order valence-electron chi connectivity index (χ3n) is 9.44. The number of fused-ring (bicyclic) bond motifs is 4. The van der Waals surface area contributed by atoms with E-state index >= 15 is 0 Å². The molecule has 4 aliphatic rings.